The van der Waals surface area contributed by atoms with Gasteiger partial charge in [-0.1, -0.05) is 12.5 Å². The molecule has 6 heteroatoms. The average Bonchev–Trinajstić information content (AvgIpc) is 2.46. The maximum Gasteiger partial charge on any atom is 0.315 e. The minimum Gasteiger partial charge on any atom is -0.382 e. The summed E-state index contributed by atoms with van der Waals surface area (Å²) in [7, 11) is 1.70. The molecule has 2 rings (SSSR count). The third-order valence-corrected chi connectivity index (χ3v) is 4.90. The predicted octanol–water partition coefficient (Wildman–Crippen LogP) is 3.72. The largest absolute Gasteiger partial charge is 0.382 e. The van der Waals surface area contributed by atoms with Crippen LogP contribution >= 0.6 is 11.8 Å². The van der Waals surface area contributed by atoms with Crippen molar-refractivity contribution >= 4 is 28.8 Å². The highest BCUT2D eigenvalue weighted by Crippen LogP contribution is 2.35. The molecule has 1 aromatic carbocycles. The van der Waals surface area contributed by atoms with E-state index in [0.29, 0.717) is 22.7 Å². The molecule has 2 N–H and O–H groups in total. The molecule has 0 aromatic heterocycles. The molecule has 0 aliphatic heterocycles. The van der Waals surface area contributed by atoms with Crippen molar-refractivity contribution in [1.29, 1.82) is 0 Å². The molecule has 0 bridgehead atoms. The molecule has 0 heterocycles. The van der Waals surface area contributed by atoms with Gasteiger partial charge in [-0.05, 0) is 37.7 Å². The van der Waals surface area contributed by atoms with Crippen LogP contribution in [0.2, 0.25) is 0 Å². The first-order valence-corrected chi connectivity index (χ1v) is 8.19. The van der Waals surface area contributed by atoms with Crippen LogP contribution in [0.4, 0.5) is 17.1 Å². The molecule has 1 aliphatic rings. The van der Waals surface area contributed by atoms with Gasteiger partial charge in [-0.15, -0.1) is 0 Å². The smallest absolute Gasteiger partial charge is 0.315 e. The van der Waals surface area contributed by atoms with Crippen molar-refractivity contribution in [1.82, 2.24) is 0 Å². The molecule has 1 aromatic rings. The van der Waals surface area contributed by atoms with Gasteiger partial charge in [-0.2, -0.15) is 11.8 Å². The molecule has 0 spiro atoms. The maximum absolute atomic E-state index is 11.3. The minimum atomic E-state index is -0.316. The summed E-state index contributed by atoms with van der Waals surface area (Å²) in [4.78, 5) is 11.0. The fraction of sp³-hybridized carbons (Fsp3) is 0.571. The summed E-state index contributed by atoms with van der Waals surface area (Å²) in [5, 5.41) is 18.2. The number of para-hydroxylation sites is 1. The van der Waals surface area contributed by atoms with Gasteiger partial charge in [0.05, 0.1) is 4.92 Å². The lowest BCUT2D eigenvalue weighted by Gasteiger charge is -2.29. The van der Waals surface area contributed by atoms with Crippen molar-refractivity contribution in [2.45, 2.75) is 37.0 Å². The summed E-state index contributed by atoms with van der Waals surface area (Å²) in [5.41, 5.74) is 1.31. The van der Waals surface area contributed by atoms with Crippen LogP contribution in [0.15, 0.2) is 18.2 Å². The number of hydrogen-bond acceptors (Lipinski definition) is 5. The van der Waals surface area contributed by atoms with E-state index in [0.717, 1.165) is 12.8 Å². The standard InChI is InChI=1S/C14H21N3O2S/c1-15-12-7-4-8-13(14(12)17(18)19)16-10-5-3-6-11(9-10)20-2/h4,7-8,10-11,15-16H,3,5-6,9H2,1-2H3. The summed E-state index contributed by atoms with van der Waals surface area (Å²) in [6.45, 7) is 0. The van der Waals surface area contributed by atoms with Gasteiger partial charge < -0.3 is 10.6 Å². The molecule has 2 atom stereocenters. The average molecular weight is 295 g/mol. The van der Waals surface area contributed by atoms with Crippen LogP contribution in [0.5, 0.6) is 0 Å². The van der Waals surface area contributed by atoms with Crippen LogP contribution in [-0.2, 0) is 0 Å². The van der Waals surface area contributed by atoms with Crippen LogP contribution in [-0.4, -0.2) is 29.5 Å². The first-order chi connectivity index (χ1) is 9.65. The highest BCUT2D eigenvalue weighted by Gasteiger charge is 2.25. The van der Waals surface area contributed by atoms with Crippen LogP contribution < -0.4 is 10.6 Å². The fourth-order valence-electron chi connectivity index (χ4n) is 2.77. The molecule has 1 aliphatic carbocycles. The summed E-state index contributed by atoms with van der Waals surface area (Å²) in [6, 6.07) is 5.69. The van der Waals surface area contributed by atoms with Crippen molar-refractivity contribution < 1.29 is 4.92 Å². The Morgan fingerprint density at radius 1 is 1.35 bits per heavy atom. The number of nitrogens with one attached hydrogen (secondary N) is 2. The second-order valence-electron chi connectivity index (χ2n) is 5.07. The van der Waals surface area contributed by atoms with E-state index >= 15 is 0 Å². The highest BCUT2D eigenvalue weighted by atomic mass is 32.2. The van der Waals surface area contributed by atoms with Gasteiger partial charge in [0.15, 0.2) is 0 Å². The van der Waals surface area contributed by atoms with E-state index in [4.69, 9.17) is 0 Å². The zero-order valence-corrected chi connectivity index (χ0v) is 12.7. The van der Waals surface area contributed by atoms with E-state index in [1.165, 1.54) is 12.8 Å². The number of rotatable bonds is 5. The maximum atomic E-state index is 11.3. The SMILES string of the molecule is CNc1cccc(NC2CCCC(SC)C2)c1[N+](=O)[O-]. The molecule has 5 nitrogen and oxygen atoms in total. The molecule has 0 radical (unpaired) electrons. The van der Waals surface area contributed by atoms with Gasteiger partial charge in [-0.25, -0.2) is 0 Å². The molecular formula is C14H21N3O2S. The molecule has 1 fully saturated rings. The number of hydrogen-bond donors (Lipinski definition) is 2. The summed E-state index contributed by atoms with van der Waals surface area (Å²) in [5.74, 6) is 0. The highest BCUT2D eigenvalue weighted by molar-refractivity contribution is 7.99. The Morgan fingerprint density at radius 3 is 2.75 bits per heavy atom. The van der Waals surface area contributed by atoms with Crippen molar-refractivity contribution in [3.63, 3.8) is 0 Å². The second-order valence-corrected chi connectivity index (χ2v) is 6.21. The normalized spacial score (nSPS) is 22.3. The number of nitrogens with zero attached hydrogens (tertiary/aromatic N) is 1. The Hall–Kier alpha value is -1.43. The Kier molecular flexibility index (Phi) is 5.11. The van der Waals surface area contributed by atoms with Crippen LogP contribution in [0.25, 0.3) is 0 Å². The Labute approximate surface area is 123 Å². The second kappa shape index (κ2) is 6.83. The van der Waals surface area contributed by atoms with Crippen LogP contribution in [0, 0.1) is 10.1 Å². The summed E-state index contributed by atoms with van der Waals surface area (Å²) < 4.78 is 0. The number of thioether (sulfide) groups is 1. The monoisotopic (exact) mass is 295 g/mol. The Morgan fingerprint density at radius 2 is 2.10 bits per heavy atom. The lowest BCUT2D eigenvalue weighted by Crippen LogP contribution is -2.28. The van der Waals surface area contributed by atoms with E-state index in [-0.39, 0.29) is 10.6 Å². The molecule has 110 valence electrons. The van der Waals surface area contributed by atoms with Gasteiger partial charge in [-0.3, -0.25) is 10.1 Å². The van der Waals surface area contributed by atoms with E-state index in [1.54, 1.807) is 19.2 Å². The molecule has 0 amide bonds. The molecular weight excluding hydrogens is 274 g/mol. The molecule has 20 heavy (non-hydrogen) atoms. The Balaban J connectivity index is 2.18. The van der Waals surface area contributed by atoms with Gasteiger partial charge in [0.2, 0.25) is 0 Å². The predicted molar refractivity (Wildman–Crippen MR) is 85.8 cm³/mol. The zero-order chi connectivity index (χ0) is 14.5. The lowest BCUT2D eigenvalue weighted by molar-refractivity contribution is -0.383. The Bertz CT molecular complexity index is 481. The fourth-order valence-corrected chi connectivity index (χ4v) is 3.60. The van der Waals surface area contributed by atoms with Crippen LogP contribution in [0.1, 0.15) is 25.7 Å². The van der Waals surface area contributed by atoms with E-state index in [9.17, 15) is 10.1 Å². The minimum absolute atomic E-state index is 0.140. The number of benzene rings is 1. The molecule has 0 saturated heterocycles. The number of nitro benzene ring substituents is 1. The van der Waals surface area contributed by atoms with Gasteiger partial charge in [0.25, 0.3) is 0 Å². The first-order valence-electron chi connectivity index (χ1n) is 6.90. The number of nitro groups is 1. The number of anilines is 2. The van der Waals surface area contributed by atoms with E-state index < -0.39 is 0 Å². The topological polar surface area (TPSA) is 67.2 Å². The summed E-state index contributed by atoms with van der Waals surface area (Å²) >= 11 is 1.89. The first kappa shape index (κ1) is 15.0. The van der Waals surface area contributed by atoms with Gasteiger partial charge >= 0.3 is 5.69 Å². The van der Waals surface area contributed by atoms with Crippen molar-refractivity contribution in [3.05, 3.63) is 28.3 Å². The van der Waals surface area contributed by atoms with E-state index in [1.807, 2.05) is 17.8 Å². The van der Waals surface area contributed by atoms with Crippen LogP contribution in [0.3, 0.4) is 0 Å². The third-order valence-electron chi connectivity index (χ3n) is 3.81. The lowest BCUT2D eigenvalue weighted by atomic mass is 9.94. The van der Waals surface area contributed by atoms with Crippen molar-refractivity contribution in [2.75, 3.05) is 23.9 Å². The quantitative estimate of drug-likeness (QED) is 0.640. The van der Waals surface area contributed by atoms with Crippen molar-refractivity contribution in [2.24, 2.45) is 0 Å². The molecule has 2 unspecified atom stereocenters. The summed E-state index contributed by atoms with van der Waals surface area (Å²) in [6.07, 6.45) is 6.72. The van der Waals surface area contributed by atoms with Gasteiger partial charge in [0.1, 0.15) is 11.4 Å². The molecule has 1 saturated carbocycles. The third kappa shape index (κ3) is 3.36. The van der Waals surface area contributed by atoms with E-state index in [2.05, 4.69) is 16.9 Å². The van der Waals surface area contributed by atoms with Crippen molar-refractivity contribution in [3.8, 4) is 0 Å². The zero-order valence-electron chi connectivity index (χ0n) is 11.9. The van der Waals surface area contributed by atoms with Gasteiger partial charge in [0, 0.05) is 18.3 Å².